The lowest BCUT2D eigenvalue weighted by molar-refractivity contribution is -0.112. The van der Waals surface area contributed by atoms with E-state index in [0.717, 1.165) is 60.7 Å². The zero-order valence-electron chi connectivity index (χ0n) is 27.5. The van der Waals surface area contributed by atoms with Gasteiger partial charge in [-0.3, -0.25) is 9.00 Å². The molecule has 0 saturated carbocycles. The van der Waals surface area contributed by atoms with Crippen LogP contribution in [0.25, 0.3) is 17.2 Å². The fraction of sp³-hybridized carbons (Fsp3) is 0.342. The van der Waals surface area contributed by atoms with Gasteiger partial charge in [0.1, 0.15) is 18.2 Å². The number of amides is 1. The van der Waals surface area contributed by atoms with E-state index in [4.69, 9.17) is 9.47 Å². The molecule has 1 atom stereocenters. The summed E-state index contributed by atoms with van der Waals surface area (Å²) < 4.78 is 24.3. The number of fused-ring (bicyclic) bond motifs is 1. The van der Waals surface area contributed by atoms with Crippen LogP contribution in [0.5, 0.6) is 5.75 Å². The van der Waals surface area contributed by atoms with E-state index in [1.54, 1.807) is 42.7 Å². The second-order valence-corrected chi connectivity index (χ2v) is 13.5. The summed E-state index contributed by atoms with van der Waals surface area (Å²) in [7, 11) is -1.29. The Hall–Kier alpha value is -4.34. The molecule has 1 aromatic heterocycles. The zero-order valence-corrected chi connectivity index (χ0v) is 28.3. The first-order valence-corrected chi connectivity index (χ1v) is 17.7. The van der Waals surface area contributed by atoms with E-state index >= 15 is 0 Å². The van der Waals surface area contributed by atoms with Gasteiger partial charge >= 0.3 is 0 Å². The first-order valence-electron chi connectivity index (χ1n) is 16.4. The second-order valence-electron chi connectivity index (χ2n) is 12.0. The molecule has 0 bridgehead atoms. The number of carbonyl (C=O) groups is 1. The molecular weight excluding hydrogens is 609 g/mol. The van der Waals surface area contributed by atoms with Crippen molar-refractivity contribution in [2.75, 3.05) is 43.1 Å². The molecule has 5 rings (SSSR count). The second kappa shape index (κ2) is 17.0. The van der Waals surface area contributed by atoms with Crippen molar-refractivity contribution >= 4 is 34.2 Å². The minimum absolute atomic E-state index is 0.139. The normalized spacial score (nSPS) is 13.4. The first-order chi connectivity index (χ1) is 22.9. The lowest BCUT2D eigenvalue weighted by Crippen LogP contribution is -2.29. The molecular formula is C38H44N4O4S. The molecule has 1 amide bonds. The lowest BCUT2D eigenvalue weighted by Gasteiger charge is -2.27. The zero-order chi connectivity index (χ0) is 33.0. The summed E-state index contributed by atoms with van der Waals surface area (Å²) in [6.45, 7) is 10.1. The highest BCUT2D eigenvalue weighted by molar-refractivity contribution is 7.84. The number of carbonyl (C=O) groups excluding carboxylic acids is 1. The maximum absolute atomic E-state index is 13.6. The van der Waals surface area contributed by atoms with Crippen LogP contribution >= 0.6 is 0 Å². The van der Waals surface area contributed by atoms with Crippen molar-refractivity contribution in [2.24, 2.45) is 5.92 Å². The summed E-state index contributed by atoms with van der Waals surface area (Å²) in [5.41, 5.74) is 5.67. The third-order valence-corrected chi connectivity index (χ3v) is 9.13. The lowest BCUT2D eigenvalue weighted by atomic mass is 10.00. The van der Waals surface area contributed by atoms with Gasteiger partial charge in [0.2, 0.25) is 0 Å². The van der Waals surface area contributed by atoms with Gasteiger partial charge in [-0.25, -0.2) is 9.97 Å². The van der Waals surface area contributed by atoms with Crippen molar-refractivity contribution in [3.8, 4) is 16.9 Å². The molecule has 1 aliphatic rings. The molecule has 0 radical (unpaired) electrons. The molecule has 47 heavy (non-hydrogen) atoms. The van der Waals surface area contributed by atoms with Crippen molar-refractivity contribution in [3.05, 3.63) is 102 Å². The van der Waals surface area contributed by atoms with Gasteiger partial charge in [-0.2, -0.15) is 0 Å². The molecule has 1 aliphatic heterocycles. The van der Waals surface area contributed by atoms with Gasteiger partial charge in [-0.1, -0.05) is 45.4 Å². The number of hydrogen-bond donors (Lipinski definition) is 1. The van der Waals surface area contributed by atoms with Crippen LogP contribution in [0.3, 0.4) is 0 Å². The van der Waals surface area contributed by atoms with E-state index in [1.807, 2.05) is 18.2 Å². The van der Waals surface area contributed by atoms with Crippen molar-refractivity contribution < 1.29 is 18.5 Å². The van der Waals surface area contributed by atoms with E-state index in [0.29, 0.717) is 47.5 Å². The van der Waals surface area contributed by atoms with Gasteiger partial charge in [-0.15, -0.1) is 0 Å². The fourth-order valence-corrected chi connectivity index (χ4v) is 6.39. The molecule has 0 spiro atoms. The maximum atomic E-state index is 13.6. The van der Waals surface area contributed by atoms with E-state index in [1.165, 1.54) is 0 Å². The van der Waals surface area contributed by atoms with Crippen molar-refractivity contribution in [2.45, 2.75) is 50.7 Å². The number of nitrogens with one attached hydrogen (secondary N) is 1. The first kappa shape index (κ1) is 34.0. The number of hydrogen-bond acceptors (Lipinski definition) is 7. The summed E-state index contributed by atoms with van der Waals surface area (Å²) in [5.74, 6) is 1.91. The van der Waals surface area contributed by atoms with E-state index < -0.39 is 10.8 Å². The quantitative estimate of drug-likeness (QED) is 0.133. The highest BCUT2D eigenvalue weighted by Gasteiger charge is 2.21. The van der Waals surface area contributed by atoms with Crippen LogP contribution in [-0.4, -0.2) is 53.0 Å². The summed E-state index contributed by atoms with van der Waals surface area (Å²) in [5, 5.41) is 3.05. The molecule has 9 heteroatoms. The minimum atomic E-state index is -1.29. The highest BCUT2D eigenvalue weighted by atomic mass is 32.2. The Balaban J connectivity index is 1.28. The number of ether oxygens (including phenoxy) is 2. The van der Waals surface area contributed by atoms with Crippen molar-refractivity contribution in [1.29, 1.82) is 0 Å². The summed E-state index contributed by atoms with van der Waals surface area (Å²) in [4.78, 5) is 24.9. The Morgan fingerprint density at radius 3 is 2.43 bits per heavy atom. The molecule has 0 saturated heterocycles. The van der Waals surface area contributed by atoms with E-state index in [9.17, 15) is 9.00 Å². The van der Waals surface area contributed by atoms with Crippen LogP contribution < -0.4 is 15.0 Å². The average molecular weight is 653 g/mol. The molecule has 8 nitrogen and oxygen atoms in total. The minimum Gasteiger partial charge on any atom is -0.491 e. The van der Waals surface area contributed by atoms with Crippen molar-refractivity contribution in [3.63, 3.8) is 0 Å². The molecule has 1 unspecified atom stereocenters. The number of benzene rings is 3. The average Bonchev–Trinajstić information content (AvgIpc) is 3.26. The molecule has 3 aromatic carbocycles. The van der Waals surface area contributed by atoms with Crippen LogP contribution in [0.1, 0.15) is 51.4 Å². The third kappa shape index (κ3) is 9.83. The Labute approximate surface area is 280 Å². The van der Waals surface area contributed by atoms with Crippen LogP contribution in [0.2, 0.25) is 0 Å². The Bertz CT molecular complexity index is 1660. The van der Waals surface area contributed by atoms with Gasteiger partial charge in [0.25, 0.3) is 5.91 Å². The van der Waals surface area contributed by atoms with Gasteiger partial charge in [0.15, 0.2) is 0 Å². The van der Waals surface area contributed by atoms with Gasteiger partial charge < -0.3 is 19.7 Å². The number of unbranched alkanes of at least 4 members (excludes halogenated alkanes) is 1. The SMILES string of the molecule is CCCCOCCOc1ccc(-c2ccc3c(c2)C=C(C(=O)Nc2ccc(S(=O)Cc4ncccn4)cc2)CCN3CC(C)C)cc1. The van der Waals surface area contributed by atoms with Crippen LogP contribution in [0, 0.1) is 5.92 Å². The molecule has 0 aliphatic carbocycles. The summed E-state index contributed by atoms with van der Waals surface area (Å²) in [6, 6.07) is 23.5. The summed E-state index contributed by atoms with van der Waals surface area (Å²) in [6.07, 6.45) is 8.11. The van der Waals surface area contributed by atoms with Crippen molar-refractivity contribution in [1.82, 2.24) is 9.97 Å². The van der Waals surface area contributed by atoms with Crippen LogP contribution in [-0.2, 0) is 26.1 Å². The number of aromatic nitrogens is 2. The predicted octanol–water partition coefficient (Wildman–Crippen LogP) is 7.54. The van der Waals surface area contributed by atoms with E-state index in [2.05, 4.69) is 71.3 Å². The van der Waals surface area contributed by atoms with Crippen LogP contribution in [0.15, 0.2) is 95.7 Å². The number of anilines is 2. The molecule has 1 N–H and O–H groups in total. The van der Waals surface area contributed by atoms with Gasteiger partial charge in [0.05, 0.1) is 23.2 Å². The molecule has 4 aromatic rings. The number of rotatable bonds is 15. The molecule has 0 fully saturated rings. The molecule has 2 heterocycles. The maximum Gasteiger partial charge on any atom is 0.251 e. The Morgan fingerprint density at radius 1 is 0.957 bits per heavy atom. The highest BCUT2D eigenvalue weighted by Crippen LogP contribution is 2.34. The third-order valence-electron chi connectivity index (χ3n) is 7.81. The number of nitrogens with zero attached hydrogens (tertiary/aromatic N) is 3. The molecule has 246 valence electrons. The largest absolute Gasteiger partial charge is 0.491 e. The smallest absolute Gasteiger partial charge is 0.251 e. The predicted molar refractivity (Wildman–Crippen MR) is 190 cm³/mol. The van der Waals surface area contributed by atoms with Gasteiger partial charge in [0, 0.05) is 53.9 Å². The Kier molecular flexibility index (Phi) is 12.3. The summed E-state index contributed by atoms with van der Waals surface area (Å²) >= 11 is 0. The Morgan fingerprint density at radius 2 is 1.70 bits per heavy atom. The fourth-order valence-electron chi connectivity index (χ4n) is 5.40. The van der Waals surface area contributed by atoms with Crippen LogP contribution in [0.4, 0.5) is 11.4 Å². The van der Waals surface area contributed by atoms with E-state index in [-0.39, 0.29) is 11.7 Å². The topological polar surface area (TPSA) is 93.6 Å². The monoisotopic (exact) mass is 652 g/mol. The standard InChI is InChI=1S/C38H44N4O4S/c1-4-5-21-45-22-23-46-34-12-7-29(8-13-34)30-9-16-36-32(24-30)25-31(17-20-42(36)26-28(2)3)38(43)41-33-10-14-35(15-11-33)47(44)27-37-39-18-6-19-40-37/h6-16,18-19,24-25,28H,4-5,17,20-23,26-27H2,1-3H3,(H,41,43). The van der Waals surface area contributed by atoms with Gasteiger partial charge in [-0.05, 0) is 96.1 Å².